The zero-order chi connectivity index (χ0) is 16.2. The molecular formula is C13H20F3NO4. The average Bonchev–Trinajstić information content (AvgIpc) is 2.86. The van der Waals surface area contributed by atoms with Crippen LogP contribution in [0.15, 0.2) is 0 Å². The smallest absolute Gasteiger partial charge is 0.406 e. The molecule has 122 valence electrons. The molecule has 2 atom stereocenters. The van der Waals surface area contributed by atoms with Crippen molar-refractivity contribution in [3.63, 3.8) is 0 Å². The minimum Gasteiger partial charge on any atom is -0.479 e. The van der Waals surface area contributed by atoms with Crippen molar-refractivity contribution >= 4 is 11.9 Å². The van der Waals surface area contributed by atoms with Crippen molar-refractivity contribution in [3.8, 4) is 0 Å². The number of aliphatic carboxylic acids is 1. The number of alkyl halides is 3. The van der Waals surface area contributed by atoms with E-state index in [0.717, 1.165) is 4.90 Å². The van der Waals surface area contributed by atoms with Crippen LogP contribution >= 0.6 is 0 Å². The number of nitrogens with zero attached hydrogens (tertiary/aromatic N) is 1. The van der Waals surface area contributed by atoms with Gasteiger partial charge in [0, 0.05) is 6.04 Å². The lowest BCUT2D eigenvalue weighted by atomic mass is 10.1. The third kappa shape index (κ3) is 4.87. The van der Waals surface area contributed by atoms with Gasteiger partial charge in [0.15, 0.2) is 6.10 Å². The summed E-state index contributed by atoms with van der Waals surface area (Å²) in [6.45, 7) is 2.08. The van der Waals surface area contributed by atoms with E-state index >= 15 is 0 Å². The molecule has 1 amide bonds. The van der Waals surface area contributed by atoms with Gasteiger partial charge in [0.05, 0.1) is 0 Å². The molecule has 0 aromatic heterocycles. The number of rotatable bonds is 6. The molecule has 2 unspecified atom stereocenters. The number of carbonyl (C=O) groups is 2. The molecule has 0 aromatic rings. The molecule has 1 saturated heterocycles. The average molecular weight is 311 g/mol. The lowest BCUT2D eigenvalue weighted by Gasteiger charge is -2.33. The largest absolute Gasteiger partial charge is 0.479 e. The van der Waals surface area contributed by atoms with Gasteiger partial charge in [-0.15, -0.1) is 0 Å². The zero-order valence-electron chi connectivity index (χ0n) is 12.0. The molecule has 8 heteroatoms. The molecule has 1 aliphatic heterocycles. The molecule has 21 heavy (non-hydrogen) atoms. The van der Waals surface area contributed by atoms with Gasteiger partial charge in [0.25, 0.3) is 5.91 Å². The minimum atomic E-state index is -4.50. The van der Waals surface area contributed by atoms with Crippen molar-refractivity contribution in [1.29, 1.82) is 0 Å². The number of hydrogen-bond donors (Lipinski definition) is 1. The quantitative estimate of drug-likeness (QED) is 0.816. The van der Waals surface area contributed by atoms with Crippen molar-refractivity contribution in [2.45, 2.75) is 64.0 Å². The normalized spacial score (nSPS) is 22.6. The molecule has 0 aromatic carbocycles. The highest BCUT2D eigenvalue weighted by atomic mass is 19.4. The first-order valence-electron chi connectivity index (χ1n) is 6.95. The van der Waals surface area contributed by atoms with Gasteiger partial charge in [0.1, 0.15) is 12.6 Å². The first kappa shape index (κ1) is 17.7. The topological polar surface area (TPSA) is 66.8 Å². The summed E-state index contributed by atoms with van der Waals surface area (Å²) in [7, 11) is 0. The van der Waals surface area contributed by atoms with Crippen LogP contribution in [0.3, 0.4) is 0 Å². The Kier molecular flexibility index (Phi) is 6.00. The predicted octanol–water partition coefficient (Wildman–Crippen LogP) is 2.20. The lowest BCUT2D eigenvalue weighted by Crippen LogP contribution is -2.49. The monoisotopic (exact) mass is 311 g/mol. The Morgan fingerprint density at radius 3 is 2.14 bits per heavy atom. The minimum absolute atomic E-state index is 0.129. The third-order valence-electron chi connectivity index (χ3n) is 3.59. The lowest BCUT2D eigenvalue weighted by molar-refractivity contribution is -0.174. The number of amides is 1. The van der Waals surface area contributed by atoms with E-state index in [1.54, 1.807) is 13.8 Å². The molecule has 0 bridgehead atoms. The van der Waals surface area contributed by atoms with E-state index in [-0.39, 0.29) is 12.8 Å². The van der Waals surface area contributed by atoms with Crippen LogP contribution in [-0.4, -0.2) is 52.9 Å². The first-order valence-corrected chi connectivity index (χ1v) is 6.95. The molecule has 0 saturated carbocycles. The van der Waals surface area contributed by atoms with Crippen LogP contribution in [0.2, 0.25) is 0 Å². The van der Waals surface area contributed by atoms with Crippen LogP contribution in [0.4, 0.5) is 13.2 Å². The first-order chi connectivity index (χ1) is 9.69. The Morgan fingerprint density at radius 1 is 1.24 bits per heavy atom. The van der Waals surface area contributed by atoms with E-state index in [4.69, 9.17) is 9.84 Å². The maximum atomic E-state index is 12.7. The maximum absolute atomic E-state index is 12.7. The van der Waals surface area contributed by atoms with Gasteiger partial charge in [-0.3, -0.25) is 4.79 Å². The van der Waals surface area contributed by atoms with Crippen LogP contribution in [0.1, 0.15) is 39.5 Å². The summed E-state index contributed by atoms with van der Waals surface area (Å²) >= 11 is 0. The number of ether oxygens (including phenoxy) is 1. The van der Waals surface area contributed by atoms with Gasteiger partial charge in [-0.1, -0.05) is 13.8 Å². The van der Waals surface area contributed by atoms with Crippen molar-refractivity contribution in [3.05, 3.63) is 0 Å². The van der Waals surface area contributed by atoms with E-state index in [2.05, 4.69) is 0 Å². The summed E-state index contributed by atoms with van der Waals surface area (Å²) in [5.41, 5.74) is 0. The van der Waals surface area contributed by atoms with E-state index in [1.165, 1.54) is 0 Å². The predicted molar refractivity (Wildman–Crippen MR) is 67.7 cm³/mol. The Bertz CT molecular complexity index is 382. The fourth-order valence-corrected chi connectivity index (χ4v) is 2.49. The summed E-state index contributed by atoms with van der Waals surface area (Å²) in [6, 6.07) is -0.536. The van der Waals surface area contributed by atoms with Gasteiger partial charge in [-0.2, -0.15) is 13.2 Å². The van der Waals surface area contributed by atoms with Gasteiger partial charge >= 0.3 is 12.1 Å². The highest BCUT2D eigenvalue weighted by Crippen LogP contribution is 2.26. The molecule has 1 N–H and O–H groups in total. The fraction of sp³-hybridized carbons (Fsp3) is 0.846. The molecule has 1 heterocycles. The summed E-state index contributed by atoms with van der Waals surface area (Å²) < 4.78 is 43.0. The number of hydrogen-bond acceptors (Lipinski definition) is 3. The van der Waals surface area contributed by atoms with Crippen LogP contribution in [0.5, 0.6) is 0 Å². The molecule has 1 aliphatic rings. The molecule has 1 fully saturated rings. The van der Waals surface area contributed by atoms with Crippen molar-refractivity contribution in [1.82, 2.24) is 4.90 Å². The van der Waals surface area contributed by atoms with Gasteiger partial charge in [0.2, 0.25) is 0 Å². The molecule has 5 nitrogen and oxygen atoms in total. The zero-order valence-corrected chi connectivity index (χ0v) is 12.0. The summed E-state index contributed by atoms with van der Waals surface area (Å²) in [5.74, 6) is -1.97. The second-order valence-corrected chi connectivity index (χ2v) is 5.08. The molecule has 0 spiro atoms. The molecule has 0 aliphatic carbocycles. The number of halogens is 3. The highest BCUT2D eigenvalue weighted by molar-refractivity contribution is 5.83. The van der Waals surface area contributed by atoms with Crippen LogP contribution in [-0.2, 0) is 14.3 Å². The molecule has 1 rings (SSSR count). The van der Waals surface area contributed by atoms with Crippen LogP contribution < -0.4 is 0 Å². The highest BCUT2D eigenvalue weighted by Gasteiger charge is 2.42. The van der Waals surface area contributed by atoms with E-state index in [0.29, 0.717) is 12.8 Å². The fourth-order valence-electron chi connectivity index (χ4n) is 2.49. The van der Waals surface area contributed by atoms with Gasteiger partial charge in [-0.25, -0.2) is 4.79 Å². The van der Waals surface area contributed by atoms with Crippen LogP contribution in [0, 0.1) is 0 Å². The second kappa shape index (κ2) is 7.11. The van der Waals surface area contributed by atoms with Gasteiger partial charge in [-0.05, 0) is 25.7 Å². The van der Waals surface area contributed by atoms with Crippen molar-refractivity contribution in [2.24, 2.45) is 0 Å². The Hall–Kier alpha value is -1.31. The molecular weight excluding hydrogens is 291 g/mol. The number of carboxylic acids is 1. The van der Waals surface area contributed by atoms with Gasteiger partial charge < -0.3 is 14.7 Å². The van der Waals surface area contributed by atoms with Crippen molar-refractivity contribution in [2.75, 3.05) is 6.54 Å². The Balaban J connectivity index is 2.83. The Labute approximate surface area is 121 Å². The van der Waals surface area contributed by atoms with E-state index < -0.39 is 42.8 Å². The van der Waals surface area contributed by atoms with E-state index in [9.17, 15) is 22.8 Å². The maximum Gasteiger partial charge on any atom is 0.406 e. The Morgan fingerprint density at radius 2 is 1.76 bits per heavy atom. The third-order valence-corrected chi connectivity index (χ3v) is 3.59. The summed E-state index contributed by atoms with van der Waals surface area (Å²) in [4.78, 5) is 23.8. The standard InChI is InChI=1S/C13H20F3NO4/c1-3-8(4-2)17(7-13(14,15)16)11(18)9-5-6-10(21-9)12(19)20/h8-10H,3-7H2,1-2H3,(H,19,20). The summed E-state index contributed by atoms with van der Waals surface area (Å²) in [6.07, 6.45) is -5.66. The van der Waals surface area contributed by atoms with Crippen LogP contribution in [0.25, 0.3) is 0 Å². The summed E-state index contributed by atoms with van der Waals surface area (Å²) in [5, 5.41) is 8.81. The van der Waals surface area contributed by atoms with E-state index in [1.807, 2.05) is 0 Å². The van der Waals surface area contributed by atoms with Crippen molar-refractivity contribution < 1.29 is 32.6 Å². The molecule has 0 radical (unpaired) electrons. The number of carbonyl (C=O) groups excluding carboxylic acids is 1. The number of carboxylic acid groups (broad SMARTS) is 1. The second-order valence-electron chi connectivity index (χ2n) is 5.08. The SMILES string of the molecule is CCC(CC)N(CC(F)(F)F)C(=O)C1CCC(C(=O)O)O1.